The van der Waals surface area contributed by atoms with Crippen molar-refractivity contribution >= 4 is 58.0 Å². The van der Waals surface area contributed by atoms with Gasteiger partial charge in [-0.15, -0.1) is 0 Å². The number of hydrogen-bond donors (Lipinski definition) is 0. The molecule has 0 amide bonds. The lowest BCUT2D eigenvalue weighted by Gasteiger charge is -2.14. The number of halogens is 6. The van der Waals surface area contributed by atoms with Gasteiger partial charge in [0.05, 0.1) is 49.5 Å². The summed E-state index contributed by atoms with van der Waals surface area (Å²) >= 11 is 30.2. The van der Waals surface area contributed by atoms with Crippen molar-refractivity contribution < 1.29 is 4.39 Å². The summed E-state index contributed by atoms with van der Waals surface area (Å²) in [5.74, 6) is -0.581. The highest BCUT2D eigenvalue weighted by molar-refractivity contribution is 6.56. The van der Waals surface area contributed by atoms with Crippen LogP contribution in [0, 0.1) is 17.1 Å². The molecule has 0 saturated carbocycles. The molecule has 2 aromatic rings. The highest BCUT2D eigenvalue weighted by Crippen LogP contribution is 2.48. The normalized spacial score (nSPS) is 10.5. The second-order valence-electron chi connectivity index (χ2n) is 3.94. The van der Waals surface area contributed by atoms with Crippen molar-refractivity contribution in [2.24, 2.45) is 0 Å². The fraction of sp³-hybridized carbons (Fsp3) is 0.0769. The van der Waals surface area contributed by atoms with E-state index in [1.807, 2.05) is 6.07 Å². The fourth-order valence-corrected chi connectivity index (χ4v) is 3.06. The molecule has 0 saturated heterocycles. The number of nitriles is 1. The zero-order valence-corrected chi connectivity index (χ0v) is 13.8. The van der Waals surface area contributed by atoms with Crippen molar-refractivity contribution in [1.29, 1.82) is 5.26 Å². The maximum absolute atomic E-state index is 13.3. The molecular weight excluding hydrogens is 380 g/mol. The number of benzene rings is 1. The molecule has 8 heteroatoms. The van der Waals surface area contributed by atoms with Gasteiger partial charge >= 0.3 is 0 Å². The Bertz CT molecular complexity index is 741. The topological polar surface area (TPSA) is 36.7 Å². The van der Waals surface area contributed by atoms with Crippen LogP contribution in [-0.2, 0) is 6.42 Å². The molecule has 0 N–H and O–H groups in total. The summed E-state index contributed by atoms with van der Waals surface area (Å²) in [6.45, 7) is 0. The Balaban J connectivity index is 2.83. The Morgan fingerprint density at radius 2 is 1.52 bits per heavy atom. The molecule has 0 unspecified atom stereocenters. The third kappa shape index (κ3) is 3.06. The number of pyridine rings is 1. The highest BCUT2D eigenvalue weighted by atomic mass is 35.5. The van der Waals surface area contributed by atoms with Gasteiger partial charge in [0.2, 0.25) is 0 Å². The van der Waals surface area contributed by atoms with Crippen LogP contribution in [0.25, 0.3) is 11.3 Å². The largest absolute Gasteiger partial charge is 0.253 e. The average molecular weight is 384 g/mol. The first kappa shape index (κ1) is 16.6. The van der Waals surface area contributed by atoms with Crippen molar-refractivity contribution in [3.63, 3.8) is 0 Å². The third-order valence-electron chi connectivity index (χ3n) is 2.65. The van der Waals surface area contributed by atoms with Crippen LogP contribution >= 0.6 is 58.0 Å². The predicted molar refractivity (Wildman–Crippen MR) is 84.0 cm³/mol. The number of nitrogens with zero attached hydrogens (tertiary/aromatic N) is 2. The van der Waals surface area contributed by atoms with Crippen LogP contribution in [0.3, 0.4) is 0 Å². The van der Waals surface area contributed by atoms with Crippen LogP contribution in [-0.4, -0.2) is 4.98 Å². The smallest absolute Gasteiger partial charge is 0.141 e. The maximum atomic E-state index is 13.3. The summed E-state index contributed by atoms with van der Waals surface area (Å²) in [5.41, 5.74) is 0.757. The Kier molecular flexibility index (Phi) is 5.19. The van der Waals surface area contributed by atoms with E-state index in [9.17, 15) is 4.39 Å². The first-order valence-corrected chi connectivity index (χ1v) is 7.30. The Hall–Kier alpha value is -0.760. The van der Waals surface area contributed by atoms with Gasteiger partial charge < -0.3 is 0 Å². The monoisotopic (exact) mass is 382 g/mol. The minimum Gasteiger partial charge on any atom is -0.253 e. The standard InChI is InChI=1S/C13H4Cl5FN2/c14-8-7(9(15)11(17)12(18)10(8)16)13-5(1-2-20)3-6(19)4-21-13/h3-4H,1H2. The summed E-state index contributed by atoms with van der Waals surface area (Å²) < 4.78 is 13.3. The Morgan fingerprint density at radius 3 is 2.05 bits per heavy atom. The summed E-state index contributed by atoms with van der Waals surface area (Å²) in [6.07, 6.45) is 0.907. The number of aromatic nitrogens is 1. The van der Waals surface area contributed by atoms with Gasteiger partial charge in [0, 0.05) is 5.56 Å². The van der Waals surface area contributed by atoms with Gasteiger partial charge in [0.25, 0.3) is 0 Å². The highest BCUT2D eigenvalue weighted by Gasteiger charge is 2.23. The fourth-order valence-electron chi connectivity index (χ4n) is 1.74. The van der Waals surface area contributed by atoms with E-state index in [1.54, 1.807) is 0 Å². The van der Waals surface area contributed by atoms with Crippen LogP contribution in [0.2, 0.25) is 25.1 Å². The molecule has 1 aromatic carbocycles. The number of rotatable bonds is 2. The van der Waals surface area contributed by atoms with Crippen molar-refractivity contribution in [3.8, 4) is 17.3 Å². The Morgan fingerprint density at radius 1 is 1.00 bits per heavy atom. The molecule has 0 aliphatic carbocycles. The van der Waals surface area contributed by atoms with E-state index >= 15 is 0 Å². The quantitative estimate of drug-likeness (QED) is 0.455. The molecule has 0 aliphatic rings. The molecule has 21 heavy (non-hydrogen) atoms. The molecule has 0 radical (unpaired) electrons. The van der Waals surface area contributed by atoms with E-state index in [4.69, 9.17) is 63.3 Å². The van der Waals surface area contributed by atoms with Crippen LogP contribution < -0.4 is 0 Å². The molecule has 0 bridgehead atoms. The van der Waals surface area contributed by atoms with Gasteiger partial charge in [0.1, 0.15) is 5.82 Å². The zero-order valence-electron chi connectivity index (χ0n) is 10.0. The van der Waals surface area contributed by atoms with Crippen molar-refractivity contribution in [1.82, 2.24) is 4.98 Å². The summed E-state index contributed by atoms with van der Waals surface area (Å²) in [5, 5.41) is 8.94. The average Bonchev–Trinajstić information content (AvgIpc) is 2.46. The number of hydrogen-bond acceptors (Lipinski definition) is 2. The molecule has 1 aromatic heterocycles. The van der Waals surface area contributed by atoms with E-state index in [1.165, 1.54) is 6.07 Å². The third-order valence-corrected chi connectivity index (χ3v) is 4.93. The maximum Gasteiger partial charge on any atom is 0.141 e. The van der Waals surface area contributed by atoms with E-state index < -0.39 is 5.82 Å². The molecule has 0 atom stereocenters. The predicted octanol–water partition coefficient (Wildman–Crippen LogP) is 6.22. The molecule has 0 aliphatic heterocycles. The summed E-state index contributed by atoms with van der Waals surface area (Å²) in [6, 6.07) is 3.09. The minimum atomic E-state index is -0.581. The van der Waals surface area contributed by atoms with Crippen LogP contribution in [0.1, 0.15) is 5.56 Å². The molecule has 2 rings (SSSR count). The SMILES string of the molecule is N#CCc1cc(F)cnc1-c1c(Cl)c(Cl)c(Cl)c(Cl)c1Cl. The lowest BCUT2D eigenvalue weighted by Crippen LogP contribution is -1.97. The molecule has 1 heterocycles. The first-order valence-electron chi connectivity index (χ1n) is 5.41. The van der Waals surface area contributed by atoms with Crippen LogP contribution in [0.4, 0.5) is 4.39 Å². The van der Waals surface area contributed by atoms with Gasteiger partial charge in [-0.3, -0.25) is 4.98 Å². The summed E-state index contributed by atoms with van der Waals surface area (Å²) in [7, 11) is 0. The van der Waals surface area contributed by atoms with Gasteiger partial charge in [-0.2, -0.15) is 5.26 Å². The second-order valence-corrected chi connectivity index (χ2v) is 5.83. The lowest BCUT2D eigenvalue weighted by atomic mass is 10.0. The van der Waals surface area contributed by atoms with E-state index in [2.05, 4.69) is 4.98 Å². The van der Waals surface area contributed by atoms with Gasteiger partial charge in [-0.05, 0) is 11.6 Å². The van der Waals surface area contributed by atoms with Crippen LogP contribution in [0.15, 0.2) is 12.3 Å². The summed E-state index contributed by atoms with van der Waals surface area (Å²) in [4.78, 5) is 3.95. The van der Waals surface area contributed by atoms with E-state index in [0.29, 0.717) is 5.56 Å². The van der Waals surface area contributed by atoms with Crippen LogP contribution in [0.5, 0.6) is 0 Å². The Labute approximate surface area is 145 Å². The zero-order chi connectivity index (χ0) is 15.7. The van der Waals surface area contributed by atoms with Gasteiger partial charge in [0.15, 0.2) is 0 Å². The lowest BCUT2D eigenvalue weighted by molar-refractivity contribution is 0.620. The molecular formula is C13H4Cl5FN2. The van der Waals surface area contributed by atoms with Crippen molar-refractivity contribution in [3.05, 3.63) is 48.8 Å². The van der Waals surface area contributed by atoms with Crippen molar-refractivity contribution in [2.75, 3.05) is 0 Å². The van der Waals surface area contributed by atoms with E-state index in [-0.39, 0.29) is 42.8 Å². The molecule has 0 fully saturated rings. The molecule has 0 spiro atoms. The minimum absolute atomic E-state index is 0.0109. The van der Waals surface area contributed by atoms with Gasteiger partial charge in [-0.25, -0.2) is 4.39 Å². The first-order chi connectivity index (χ1) is 9.88. The van der Waals surface area contributed by atoms with Gasteiger partial charge in [-0.1, -0.05) is 58.0 Å². The second kappa shape index (κ2) is 6.56. The molecule has 108 valence electrons. The molecule has 2 nitrogen and oxygen atoms in total. The van der Waals surface area contributed by atoms with E-state index in [0.717, 1.165) is 6.20 Å². The van der Waals surface area contributed by atoms with Crippen molar-refractivity contribution in [2.45, 2.75) is 6.42 Å².